The van der Waals surface area contributed by atoms with E-state index in [9.17, 15) is 9.59 Å². The van der Waals surface area contributed by atoms with Gasteiger partial charge < -0.3 is 15.2 Å². The Balaban J connectivity index is 2.18. The van der Waals surface area contributed by atoms with E-state index < -0.39 is 5.97 Å². The minimum absolute atomic E-state index is 0.217. The second kappa shape index (κ2) is 6.67. The standard InChI is InChI=1S/C15H16N2O4S/c1-8-6-10(4-5-11(8)15(19)20)17-14(18)13-9(2)16-12(22-13)7-21-3/h4-6H,7H2,1-3H3,(H,17,18)(H,19,20). The maximum absolute atomic E-state index is 12.3. The molecule has 0 bridgehead atoms. The van der Waals surface area contributed by atoms with Crippen molar-refractivity contribution >= 4 is 28.9 Å². The normalized spacial score (nSPS) is 10.5. The Morgan fingerprint density at radius 3 is 2.68 bits per heavy atom. The number of nitrogens with one attached hydrogen (secondary N) is 1. The third-order valence-electron chi connectivity index (χ3n) is 3.03. The fourth-order valence-electron chi connectivity index (χ4n) is 2.02. The number of carbonyl (C=O) groups excluding carboxylic acids is 1. The first kappa shape index (κ1) is 16.1. The third kappa shape index (κ3) is 3.49. The van der Waals surface area contributed by atoms with E-state index in [0.717, 1.165) is 5.01 Å². The number of thiazole rings is 1. The van der Waals surface area contributed by atoms with Gasteiger partial charge in [0, 0.05) is 12.8 Å². The van der Waals surface area contributed by atoms with E-state index in [0.29, 0.717) is 28.4 Å². The molecule has 1 aromatic carbocycles. The van der Waals surface area contributed by atoms with Crippen LogP contribution in [0.1, 0.15) is 36.3 Å². The minimum Gasteiger partial charge on any atom is -0.478 e. The minimum atomic E-state index is -0.988. The molecule has 0 saturated carbocycles. The quantitative estimate of drug-likeness (QED) is 0.884. The van der Waals surface area contributed by atoms with Crippen LogP contribution in [0, 0.1) is 13.8 Å². The lowest BCUT2D eigenvalue weighted by molar-refractivity contribution is 0.0696. The van der Waals surface area contributed by atoms with Crippen molar-refractivity contribution in [1.82, 2.24) is 4.98 Å². The van der Waals surface area contributed by atoms with Crippen molar-refractivity contribution in [3.05, 3.63) is 44.9 Å². The number of carboxylic acid groups (broad SMARTS) is 1. The molecule has 2 rings (SSSR count). The highest BCUT2D eigenvalue weighted by Crippen LogP contribution is 2.21. The van der Waals surface area contributed by atoms with Crippen molar-refractivity contribution in [3.63, 3.8) is 0 Å². The summed E-state index contributed by atoms with van der Waals surface area (Å²) in [6.45, 7) is 3.82. The molecule has 0 aliphatic heterocycles. The molecule has 0 saturated heterocycles. The van der Waals surface area contributed by atoms with Crippen LogP contribution < -0.4 is 5.32 Å². The predicted molar refractivity (Wildman–Crippen MR) is 83.7 cm³/mol. The van der Waals surface area contributed by atoms with Gasteiger partial charge in [-0.3, -0.25) is 4.79 Å². The molecular formula is C15H16N2O4S. The SMILES string of the molecule is COCc1nc(C)c(C(=O)Nc2ccc(C(=O)O)c(C)c2)s1. The van der Waals surface area contributed by atoms with E-state index in [1.54, 1.807) is 33.1 Å². The van der Waals surface area contributed by atoms with Gasteiger partial charge in [0.1, 0.15) is 9.88 Å². The number of aromatic carboxylic acids is 1. The number of ether oxygens (including phenoxy) is 1. The number of methoxy groups -OCH3 is 1. The van der Waals surface area contributed by atoms with Gasteiger partial charge in [-0.2, -0.15) is 0 Å². The fourth-order valence-corrected chi connectivity index (χ4v) is 2.95. The van der Waals surface area contributed by atoms with Crippen molar-refractivity contribution in [2.75, 3.05) is 12.4 Å². The number of aromatic nitrogens is 1. The maximum atomic E-state index is 12.3. The highest BCUT2D eigenvalue weighted by Gasteiger charge is 2.16. The van der Waals surface area contributed by atoms with Gasteiger partial charge in [0.2, 0.25) is 0 Å². The van der Waals surface area contributed by atoms with Crippen molar-refractivity contribution < 1.29 is 19.4 Å². The smallest absolute Gasteiger partial charge is 0.335 e. The van der Waals surface area contributed by atoms with Gasteiger partial charge in [-0.1, -0.05) is 0 Å². The Morgan fingerprint density at radius 2 is 2.09 bits per heavy atom. The number of carbonyl (C=O) groups is 2. The number of amides is 1. The number of hydrogen-bond donors (Lipinski definition) is 2. The Bertz CT molecular complexity index is 724. The number of carboxylic acids is 1. The maximum Gasteiger partial charge on any atom is 0.335 e. The number of aryl methyl sites for hydroxylation is 2. The van der Waals surface area contributed by atoms with Gasteiger partial charge >= 0.3 is 5.97 Å². The molecule has 7 heteroatoms. The molecule has 2 aromatic rings. The summed E-state index contributed by atoms with van der Waals surface area (Å²) in [5.74, 6) is -1.25. The van der Waals surface area contributed by atoms with Gasteiger partial charge in [0.05, 0.1) is 17.9 Å². The average molecular weight is 320 g/mol. The summed E-state index contributed by atoms with van der Waals surface area (Å²) >= 11 is 1.28. The van der Waals surface area contributed by atoms with E-state index in [1.807, 2.05) is 0 Å². The molecule has 0 radical (unpaired) electrons. The Hall–Kier alpha value is -2.25. The van der Waals surface area contributed by atoms with Crippen LogP contribution in [0.4, 0.5) is 5.69 Å². The number of benzene rings is 1. The largest absolute Gasteiger partial charge is 0.478 e. The molecule has 22 heavy (non-hydrogen) atoms. The molecular weight excluding hydrogens is 304 g/mol. The molecule has 0 unspecified atom stereocenters. The summed E-state index contributed by atoms with van der Waals surface area (Å²) in [7, 11) is 1.57. The third-order valence-corrected chi connectivity index (χ3v) is 4.16. The topological polar surface area (TPSA) is 88.5 Å². The predicted octanol–water partition coefficient (Wildman–Crippen LogP) is 2.86. The van der Waals surface area contributed by atoms with Crippen LogP contribution in [0.15, 0.2) is 18.2 Å². The summed E-state index contributed by atoms with van der Waals surface area (Å²) in [5.41, 5.74) is 2.00. The van der Waals surface area contributed by atoms with Crippen LogP contribution in [-0.2, 0) is 11.3 Å². The van der Waals surface area contributed by atoms with Crippen molar-refractivity contribution in [1.29, 1.82) is 0 Å². The van der Waals surface area contributed by atoms with Crippen molar-refractivity contribution in [2.24, 2.45) is 0 Å². The fraction of sp³-hybridized carbons (Fsp3) is 0.267. The van der Waals surface area contributed by atoms with E-state index in [4.69, 9.17) is 9.84 Å². The number of hydrogen-bond acceptors (Lipinski definition) is 5. The molecule has 6 nitrogen and oxygen atoms in total. The monoisotopic (exact) mass is 320 g/mol. The molecule has 0 aliphatic carbocycles. The summed E-state index contributed by atoms with van der Waals surface area (Å²) < 4.78 is 5.01. The summed E-state index contributed by atoms with van der Waals surface area (Å²) in [6, 6.07) is 4.68. The average Bonchev–Trinajstić information content (AvgIpc) is 2.80. The lowest BCUT2D eigenvalue weighted by Gasteiger charge is -2.07. The van der Waals surface area contributed by atoms with Crippen LogP contribution >= 0.6 is 11.3 Å². The Kier molecular flexibility index (Phi) is 4.89. The number of rotatable bonds is 5. The zero-order valence-corrected chi connectivity index (χ0v) is 13.3. The molecule has 2 N–H and O–H groups in total. The van der Waals surface area contributed by atoms with Gasteiger partial charge in [0.25, 0.3) is 5.91 Å². The molecule has 0 aliphatic rings. The van der Waals surface area contributed by atoms with E-state index in [1.165, 1.54) is 17.4 Å². The van der Waals surface area contributed by atoms with Crippen molar-refractivity contribution in [3.8, 4) is 0 Å². The molecule has 116 valence electrons. The molecule has 0 atom stereocenters. The molecule has 0 spiro atoms. The molecule has 0 fully saturated rings. The molecule has 1 aromatic heterocycles. The first-order chi connectivity index (χ1) is 10.4. The van der Waals surface area contributed by atoms with Crippen LogP contribution in [0.5, 0.6) is 0 Å². The summed E-state index contributed by atoms with van der Waals surface area (Å²) in [5, 5.41) is 12.5. The second-order valence-corrected chi connectivity index (χ2v) is 5.83. The van der Waals surface area contributed by atoms with Gasteiger partial charge in [0.15, 0.2) is 0 Å². The first-order valence-electron chi connectivity index (χ1n) is 6.53. The van der Waals surface area contributed by atoms with E-state index in [-0.39, 0.29) is 11.5 Å². The Morgan fingerprint density at radius 1 is 1.36 bits per heavy atom. The number of anilines is 1. The highest BCUT2D eigenvalue weighted by molar-refractivity contribution is 7.13. The van der Waals surface area contributed by atoms with E-state index >= 15 is 0 Å². The van der Waals surface area contributed by atoms with Crippen LogP contribution in [0.25, 0.3) is 0 Å². The van der Waals surface area contributed by atoms with Gasteiger partial charge in [-0.05, 0) is 37.6 Å². The zero-order valence-electron chi connectivity index (χ0n) is 12.5. The van der Waals surface area contributed by atoms with E-state index in [2.05, 4.69) is 10.3 Å². The van der Waals surface area contributed by atoms with Gasteiger partial charge in [-0.15, -0.1) is 11.3 Å². The highest BCUT2D eigenvalue weighted by atomic mass is 32.1. The van der Waals surface area contributed by atoms with Crippen LogP contribution in [0.3, 0.4) is 0 Å². The second-order valence-electron chi connectivity index (χ2n) is 4.74. The van der Waals surface area contributed by atoms with Gasteiger partial charge in [-0.25, -0.2) is 9.78 Å². The lowest BCUT2D eigenvalue weighted by atomic mass is 10.1. The summed E-state index contributed by atoms with van der Waals surface area (Å²) in [4.78, 5) is 28.1. The summed E-state index contributed by atoms with van der Waals surface area (Å²) in [6.07, 6.45) is 0. The lowest BCUT2D eigenvalue weighted by Crippen LogP contribution is -2.12. The zero-order chi connectivity index (χ0) is 16.3. The van der Waals surface area contributed by atoms with Crippen LogP contribution in [-0.4, -0.2) is 29.1 Å². The van der Waals surface area contributed by atoms with Crippen LogP contribution in [0.2, 0.25) is 0 Å². The molecule has 1 amide bonds. The molecule has 1 heterocycles. The number of nitrogens with zero attached hydrogens (tertiary/aromatic N) is 1. The first-order valence-corrected chi connectivity index (χ1v) is 7.34. The Labute approximate surface area is 131 Å². The van der Waals surface area contributed by atoms with Crippen molar-refractivity contribution in [2.45, 2.75) is 20.5 Å².